The van der Waals surface area contributed by atoms with Crippen LogP contribution in [0.4, 0.5) is 4.79 Å². The Morgan fingerprint density at radius 2 is 1.79 bits per heavy atom. The average molecular weight is 393 g/mol. The number of alkyl carbamates (subject to hydrolysis) is 1. The van der Waals surface area contributed by atoms with Crippen molar-refractivity contribution in [3.05, 3.63) is 47.5 Å². The molecular weight excluding hydrogens is 366 g/mol. The van der Waals surface area contributed by atoms with Crippen LogP contribution in [-0.4, -0.2) is 46.5 Å². The molecule has 3 N–H and O–H groups in total. The molecule has 0 aliphatic heterocycles. The molecule has 1 aromatic rings. The Balaban J connectivity index is 2.59. The largest absolute Gasteiger partial charge is 0.480 e. The van der Waals surface area contributed by atoms with Crippen LogP contribution < -0.4 is 5.32 Å². The summed E-state index contributed by atoms with van der Waals surface area (Å²) >= 11 is 0. The molecule has 0 aliphatic carbocycles. The molecule has 8 nitrogen and oxygen atoms in total. The van der Waals surface area contributed by atoms with Crippen LogP contribution in [0.3, 0.4) is 0 Å². The molecule has 0 spiro atoms. The molecule has 0 aromatic heterocycles. The average Bonchev–Trinajstić information content (AvgIpc) is 2.58. The van der Waals surface area contributed by atoms with Crippen LogP contribution in [-0.2, 0) is 25.7 Å². The standard InChI is InChI=1S/C20H27NO7/c1-20(2,3)28-19(26)21-16(18(24)25)12-15(17(22)23)10-7-11-27-13-14-8-5-4-6-9-14/h4-6,8-10,16H,7,11-13H2,1-3H3,(H,21,26)(H,22,23)(H,24,25)/t16-/m0/s1. The van der Waals surface area contributed by atoms with Gasteiger partial charge in [0.15, 0.2) is 0 Å². The molecular formula is C20H27NO7. The molecule has 0 aliphatic rings. The summed E-state index contributed by atoms with van der Waals surface area (Å²) in [6.45, 7) is 5.60. The van der Waals surface area contributed by atoms with Crippen LogP contribution in [0.15, 0.2) is 42.0 Å². The molecule has 1 amide bonds. The lowest BCUT2D eigenvalue weighted by Crippen LogP contribution is -2.44. The first-order valence-electron chi connectivity index (χ1n) is 8.85. The zero-order chi connectivity index (χ0) is 21.2. The summed E-state index contributed by atoms with van der Waals surface area (Å²) in [7, 11) is 0. The van der Waals surface area contributed by atoms with Crippen LogP contribution in [0.1, 0.15) is 39.2 Å². The number of hydrogen-bond donors (Lipinski definition) is 3. The maximum absolute atomic E-state index is 11.8. The maximum Gasteiger partial charge on any atom is 0.408 e. The predicted octanol–water partition coefficient (Wildman–Crippen LogP) is 2.97. The number of carbonyl (C=O) groups is 3. The van der Waals surface area contributed by atoms with Crippen molar-refractivity contribution in [2.75, 3.05) is 6.61 Å². The van der Waals surface area contributed by atoms with Gasteiger partial charge in [0.1, 0.15) is 11.6 Å². The number of aliphatic carboxylic acids is 2. The molecule has 1 rings (SSSR count). The molecule has 1 aromatic carbocycles. The molecule has 0 radical (unpaired) electrons. The van der Waals surface area contributed by atoms with Gasteiger partial charge < -0.3 is 25.0 Å². The molecule has 0 bridgehead atoms. The van der Waals surface area contributed by atoms with Gasteiger partial charge >= 0.3 is 18.0 Å². The van der Waals surface area contributed by atoms with E-state index in [2.05, 4.69) is 5.32 Å². The van der Waals surface area contributed by atoms with Gasteiger partial charge in [0.25, 0.3) is 0 Å². The molecule has 0 heterocycles. The van der Waals surface area contributed by atoms with Gasteiger partial charge in [0.05, 0.1) is 13.2 Å². The maximum atomic E-state index is 11.8. The van der Waals surface area contributed by atoms with Crippen molar-refractivity contribution in [3.8, 4) is 0 Å². The lowest BCUT2D eigenvalue weighted by atomic mass is 10.1. The minimum absolute atomic E-state index is 0.119. The second-order valence-electron chi connectivity index (χ2n) is 7.10. The minimum Gasteiger partial charge on any atom is -0.480 e. The van der Waals surface area contributed by atoms with Crippen molar-refractivity contribution in [3.63, 3.8) is 0 Å². The van der Waals surface area contributed by atoms with Crippen molar-refractivity contribution < 1.29 is 34.1 Å². The van der Waals surface area contributed by atoms with Gasteiger partial charge in [-0.3, -0.25) is 0 Å². The topological polar surface area (TPSA) is 122 Å². The molecule has 0 saturated heterocycles. The van der Waals surface area contributed by atoms with Crippen molar-refractivity contribution in [1.29, 1.82) is 0 Å². The SMILES string of the molecule is CC(C)(C)OC(=O)N[C@@H](CC(=CCCOCc1ccccc1)C(=O)O)C(=O)O. The fourth-order valence-corrected chi connectivity index (χ4v) is 2.21. The summed E-state index contributed by atoms with van der Waals surface area (Å²) in [5, 5.41) is 20.8. The number of benzene rings is 1. The first-order chi connectivity index (χ1) is 13.1. The molecule has 1 atom stereocenters. The van der Waals surface area contributed by atoms with Crippen molar-refractivity contribution in [2.45, 2.75) is 51.9 Å². The minimum atomic E-state index is -1.41. The smallest absolute Gasteiger partial charge is 0.408 e. The lowest BCUT2D eigenvalue weighted by molar-refractivity contribution is -0.139. The van der Waals surface area contributed by atoms with E-state index in [4.69, 9.17) is 9.47 Å². The lowest BCUT2D eigenvalue weighted by Gasteiger charge is -2.22. The quantitative estimate of drug-likeness (QED) is 0.412. The predicted molar refractivity (Wildman–Crippen MR) is 102 cm³/mol. The Kier molecular flexibility index (Phi) is 9.17. The van der Waals surface area contributed by atoms with Crippen LogP contribution in [0.25, 0.3) is 0 Å². The Hall–Kier alpha value is -2.87. The number of nitrogens with one attached hydrogen (secondary N) is 1. The van der Waals surface area contributed by atoms with Gasteiger partial charge in [0.2, 0.25) is 0 Å². The summed E-state index contributed by atoms with van der Waals surface area (Å²) in [5.41, 5.74) is 0.0820. The zero-order valence-electron chi connectivity index (χ0n) is 16.3. The van der Waals surface area contributed by atoms with E-state index >= 15 is 0 Å². The number of carboxylic acid groups (broad SMARTS) is 2. The molecule has 8 heteroatoms. The van der Waals surface area contributed by atoms with Gasteiger partial charge in [-0.2, -0.15) is 0 Å². The number of ether oxygens (including phenoxy) is 2. The molecule has 0 fully saturated rings. The Morgan fingerprint density at radius 1 is 1.14 bits per heavy atom. The van der Waals surface area contributed by atoms with E-state index in [1.165, 1.54) is 6.08 Å². The summed E-state index contributed by atoms with van der Waals surface area (Å²) in [6.07, 6.45) is 0.409. The highest BCUT2D eigenvalue weighted by Crippen LogP contribution is 2.11. The van der Waals surface area contributed by atoms with E-state index in [1.54, 1.807) is 20.8 Å². The number of rotatable bonds is 10. The summed E-state index contributed by atoms with van der Waals surface area (Å²) in [6, 6.07) is 8.10. The van der Waals surface area contributed by atoms with Gasteiger partial charge in [-0.25, -0.2) is 14.4 Å². The number of carboxylic acids is 2. The summed E-state index contributed by atoms with van der Waals surface area (Å²) in [4.78, 5) is 34.6. The first-order valence-corrected chi connectivity index (χ1v) is 8.85. The third-order valence-corrected chi connectivity index (χ3v) is 3.45. The van der Waals surface area contributed by atoms with Crippen LogP contribution in [0, 0.1) is 0 Å². The number of amides is 1. The van der Waals surface area contributed by atoms with E-state index < -0.39 is 29.7 Å². The normalized spacial score (nSPS) is 12.9. The van der Waals surface area contributed by atoms with E-state index in [1.807, 2.05) is 30.3 Å². The van der Waals surface area contributed by atoms with Crippen LogP contribution in [0.5, 0.6) is 0 Å². The van der Waals surface area contributed by atoms with Crippen molar-refractivity contribution >= 4 is 18.0 Å². The summed E-state index contributed by atoms with van der Waals surface area (Å²) in [5.74, 6) is -2.60. The third-order valence-electron chi connectivity index (χ3n) is 3.45. The van der Waals surface area contributed by atoms with E-state index in [0.29, 0.717) is 13.0 Å². The van der Waals surface area contributed by atoms with Crippen molar-refractivity contribution in [1.82, 2.24) is 5.32 Å². The van der Waals surface area contributed by atoms with Gasteiger partial charge in [0, 0.05) is 12.0 Å². The Bertz CT molecular complexity index is 692. The second kappa shape index (κ2) is 11.1. The Labute approximate surface area is 164 Å². The third kappa shape index (κ3) is 9.72. The van der Waals surface area contributed by atoms with Crippen LogP contribution >= 0.6 is 0 Å². The molecule has 28 heavy (non-hydrogen) atoms. The highest BCUT2D eigenvalue weighted by molar-refractivity contribution is 5.89. The zero-order valence-corrected chi connectivity index (χ0v) is 16.3. The van der Waals surface area contributed by atoms with Crippen molar-refractivity contribution in [2.24, 2.45) is 0 Å². The highest BCUT2D eigenvalue weighted by atomic mass is 16.6. The molecule has 0 saturated carbocycles. The monoisotopic (exact) mass is 393 g/mol. The highest BCUT2D eigenvalue weighted by Gasteiger charge is 2.26. The Morgan fingerprint density at radius 3 is 2.32 bits per heavy atom. The number of carbonyl (C=O) groups excluding carboxylic acids is 1. The van der Waals surface area contributed by atoms with Crippen LogP contribution in [0.2, 0.25) is 0 Å². The fourth-order valence-electron chi connectivity index (χ4n) is 2.21. The fraction of sp³-hybridized carbons (Fsp3) is 0.450. The second-order valence-corrected chi connectivity index (χ2v) is 7.10. The van der Waals surface area contributed by atoms with E-state index in [-0.39, 0.29) is 18.6 Å². The molecule has 154 valence electrons. The molecule has 0 unspecified atom stereocenters. The first kappa shape index (κ1) is 23.2. The van der Waals surface area contributed by atoms with Gasteiger partial charge in [-0.15, -0.1) is 0 Å². The summed E-state index contributed by atoms with van der Waals surface area (Å²) < 4.78 is 10.5. The van der Waals surface area contributed by atoms with Gasteiger partial charge in [-0.05, 0) is 32.8 Å². The van der Waals surface area contributed by atoms with E-state index in [0.717, 1.165) is 5.56 Å². The number of hydrogen-bond acceptors (Lipinski definition) is 5. The van der Waals surface area contributed by atoms with Gasteiger partial charge in [-0.1, -0.05) is 36.4 Å². The van der Waals surface area contributed by atoms with E-state index in [9.17, 15) is 24.6 Å².